The molecule has 0 bridgehead atoms. The molecule has 0 aliphatic rings. The first kappa shape index (κ1) is 15.5. The summed E-state index contributed by atoms with van der Waals surface area (Å²) in [5.41, 5.74) is 4.52. The maximum atomic E-state index is 12.2. The second-order valence-corrected chi connectivity index (χ2v) is 6.65. The average Bonchev–Trinajstić information content (AvgIpc) is 3.14. The Bertz CT molecular complexity index is 1090. The van der Waals surface area contributed by atoms with E-state index in [9.17, 15) is 4.79 Å². The van der Waals surface area contributed by atoms with Crippen molar-refractivity contribution in [3.05, 3.63) is 66.5 Å². The Balaban J connectivity index is 1.94. The zero-order valence-electron chi connectivity index (χ0n) is 14.7. The van der Waals surface area contributed by atoms with Gasteiger partial charge in [-0.15, -0.1) is 0 Å². The average molecular weight is 331 g/mol. The van der Waals surface area contributed by atoms with Gasteiger partial charge in [-0.3, -0.25) is 4.79 Å². The van der Waals surface area contributed by atoms with Gasteiger partial charge in [-0.05, 0) is 17.7 Å². The first-order chi connectivity index (χ1) is 12.1. The SMILES string of the molecule is CN(C)C(=O)Cc1cn(-c2cn(C)c3ccccc23)c2ccccc12. The van der Waals surface area contributed by atoms with Gasteiger partial charge < -0.3 is 14.0 Å². The van der Waals surface area contributed by atoms with Crippen molar-refractivity contribution in [3.63, 3.8) is 0 Å². The van der Waals surface area contributed by atoms with Crippen LogP contribution in [-0.4, -0.2) is 34.0 Å². The van der Waals surface area contributed by atoms with Gasteiger partial charge in [-0.1, -0.05) is 36.4 Å². The van der Waals surface area contributed by atoms with Crippen molar-refractivity contribution in [2.24, 2.45) is 7.05 Å². The van der Waals surface area contributed by atoms with Gasteiger partial charge >= 0.3 is 0 Å². The molecule has 126 valence electrons. The summed E-state index contributed by atoms with van der Waals surface area (Å²) in [6.07, 6.45) is 4.66. The molecule has 0 aliphatic carbocycles. The highest BCUT2D eigenvalue weighted by atomic mass is 16.2. The number of para-hydroxylation sites is 2. The number of carbonyl (C=O) groups excluding carboxylic acids is 1. The number of benzene rings is 2. The van der Waals surface area contributed by atoms with Crippen LogP contribution in [0.4, 0.5) is 0 Å². The number of carbonyl (C=O) groups is 1. The number of amides is 1. The van der Waals surface area contributed by atoms with Gasteiger partial charge in [-0.25, -0.2) is 0 Å². The summed E-state index contributed by atoms with van der Waals surface area (Å²) >= 11 is 0. The molecule has 2 heterocycles. The van der Waals surface area contributed by atoms with Gasteiger partial charge in [0.1, 0.15) is 0 Å². The highest BCUT2D eigenvalue weighted by Gasteiger charge is 2.16. The summed E-state index contributed by atoms with van der Waals surface area (Å²) in [6, 6.07) is 16.7. The van der Waals surface area contributed by atoms with Gasteiger partial charge in [0.05, 0.1) is 17.6 Å². The van der Waals surface area contributed by atoms with Crippen molar-refractivity contribution in [1.29, 1.82) is 0 Å². The Hall–Kier alpha value is -3.01. The van der Waals surface area contributed by atoms with Crippen LogP contribution < -0.4 is 0 Å². The molecule has 25 heavy (non-hydrogen) atoms. The van der Waals surface area contributed by atoms with Crippen LogP contribution in [0.5, 0.6) is 0 Å². The predicted octanol–water partition coefficient (Wildman–Crippen LogP) is 3.75. The fourth-order valence-corrected chi connectivity index (χ4v) is 3.42. The van der Waals surface area contributed by atoms with E-state index in [1.54, 1.807) is 19.0 Å². The molecule has 0 unspecified atom stereocenters. The molecule has 0 aliphatic heterocycles. The van der Waals surface area contributed by atoms with E-state index in [1.165, 1.54) is 10.9 Å². The van der Waals surface area contributed by atoms with Gasteiger partial charge in [0.15, 0.2) is 0 Å². The third kappa shape index (κ3) is 2.50. The van der Waals surface area contributed by atoms with E-state index >= 15 is 0 Å². The predicted molar refractivity (Wildman–Crippen MR) is 102 cm³/mol. The number of hydrogen-bond acceptors (Lipinski definition) is 1. The fraction of sp³-hybridized carbons (Fsp3) is 0.190. The van der Waals surface area contributed by atoms with Gasteiger partial charge in [-0.2, -0.15) is 0 Å². The third-order valence-corrected chi connectivity index (χ3v) is 4.77. The summed E-state index contributed by atoms with van der Waals surface area (Å²) < 4.78 is 4.35. The second kappa shape index (κ2) is 5.81. The molecule has 2 aromatic heterocycles. The maximum Gasteiger partial charge on any atom is 0.226 e. The molecule has 4 rings (SSSR count). The Morgan fingerprint density at radius 2 is 1.56 bits per heavy atom. The zero-order chi connectivity index (χ0) is 17.6. The minimum absolute atomic E-state index is 0.112. The van der Waals surface area contributed by atoms with E-state index in [0.29, 0.717) is 6.42 Å². The molecule has 0 atom stereocenters. The molecule has 0 N–H and O–H groups in total. The van der Waals surface area contributed by atoms with Gasteiger partial charge in [0.25, 0.3) is 0 Å². The normalized spacial score (nSPS) is 11.3. The van der Waals surface area contributed by atoms with Crippen LogP contribution in [0.15, 0.2) is 60.9 Å². The first-order valence-corrected chi connectivity index (χ1v) is 8.40. The molecule has 0 radical (unpaired) electrons. The van der Waals surface area contributed by atoms with Crippen LogP contribution in [0.1, 0.15) is 5.56 Å². The van der Waals surface area contributed by atoms with Crippen molar-refractivity contribution < 1.29 is 4.79 Å². The minimum Gasteiger partial charge on any atom is -0.349 e. The lowest BCUT2D eigenvalue weighted by Crippen LogP contribution is -2.23. The topological polar surface area (TPSA) is 30.2 Å². The minimum atomic E-state index is 0.112. The molecule has 4 heteroatoms. The van der Waals surface area contributed by atoms with E-state index in [1.807, 2.05) is 12.1 Å². The fourth-order valence-electron chi connectivity index (χ4n) is 3.42. The first-order valence-electron chi connectivity index (χ1n) is 8.40. The van der Waals surface area contributed by atoms with Crippen molar-refractivity contribution in [1.82, 2.24) is 14.0 Å². The number of hydrogen-bond donors (Lipinski definition) is 0. The smallest absolute Gasteiger partial charge is 0.226 e. The summed E-state index contributed by atoms with van der Waals surface area (Å²) in [6.45, 7) is 0. The van der Waals surface area contributed by atoms with Crippen molar-refractivity contribution in [3.8, 4) is 5.69 Å². The summed E-state index contributed by atoms with van der Waals surface area (Å²) in [7, 11) is 5.66. The van der Waals surface area contributed by atoms with Crippen molar-refractivity contribution in [2.75, 3.05) is 14.1 Å². The zero-order valence-corrected chi connectivity index (χ0v) is 14.7. The largest absolute Gasteiger partial charge is 0.349 e. The van der Waals surface area contributed by atoms with Crippen LogP contribution in [0.25, 0.3) is 27.5 Å². The van der Waals surface area contributed by atoms with Gasteiger partial charge in [0.2, 0.25) is 5.91 Å². The maximum absolute atomic E-state index is 12.2. The third-order valence-electron chi connectivity index (χ3n) is 4.77. The monoisotopic (exact) mass is 331 g/mol. The van der Waals surface area contributed by atoms with E-state index in [4.69, 9.17) is 0 Å². The van der Waals surface area contributed by atoms with Crippen LogP contribution in [0.3, 0.4) is 0 Å². The van der Waals surface area contributed by atoms with Crippen LogP contribution >= 0.6 is 0 Å². The number of aryl methyl sites for hydroxylation is 1. The molecule has 0 spiro atoms. The van der Waals surface area contributed by atoms with E-state index < -0.39 is 0 Å². The second-order valence-electron chi connectivity index (χ2n) is 6.65. The Morgan fingerprint density at radius 1 is 0.920 bits per heavy atom. The molecule has 4 nitrogen and oxygen atoms in total. The van der Waals surface area contributed by atoms with Crippen LogP contribution in [0, 0.1) is 0 Å². The number of likely N-dealkylation sites (N-methyl/N-ethyl adjacent to an activating group) is 1. The van der Waals surface area contributed by atoms with E-state index in [-0.39, 0.29) is 5.91 Å². The highest BCUT2D eigenvalue weighted by Crippen LogP contribution is 2.30. The quantitative estimate of drug-likeness (QED) is 0.562. The van der Waals surface area contributed by atoms with E-state index in [0.717, 1.165) is 22.2 Å². The number of nitrogens with zero attached hydrogens (tertiary/aromatic N) is 3. The Labute approximate surface area is 146 Å². The van der Waals surface area contributed by atoms with Crippen LogP contribution in [-0.2, 0) is 18.3 Å². The van der Waals surface area contributed by atoms with Crippen molar-refractivity contribution in [2.45, 2.75) is 6.42 Å². The van der Waals surface area contributed by atoms with E-state index in [2.05, 4.69) is 65.0 Å². The molecule has 0 fully saturated rings. The standard InChI is InChI=1S/C21H21N3O/c1-22(2)21(25)12-15-13-24(19-11-7-4-8-16(15)19)20-14-23(3)18-10-6-5-9-17(18)20/h4-11,13-14H,12H2,1-3H3. The lowest BCUT2D eigenvalue weighted by atomic mass is 10.1. The molecular weight excluding hydrogens is 310 g/mol. The Morgan fingerprint density at radius 3 is 2.28 bits per heavy atom. The lowest BCUT2D eigenvalue weighted by molar-refractivity contribution is -0.127. The molecular formula is C21H21N3O. The summed E-state index contributed by atoms with van der Waals surface area (Å²) in [5, 5.41) is 2.34. The number of aromatic nitrogens is 2. The molecule has 2 aromatic carbocycles. The highest BCUT2D eigenvalue weighted by molar-refractivity contribution is 5.95. The van der Waals surface area contributed by atoms with Crippen molar-refractivity contribution >= 4 is 27.7 Å². The van der Waals surface area contributed by atoms with Crippen LogP contribution in [0.2, 0.25) is 0 Å². The Kier molecular flexibility index (Phi) is 3.61. The van der Waals surface area contributed by atoms with Gasteiger partial charge in [0, 0.05) is 49.8 Å². The molecule has 0 saturated heterocycles. The number of fused-ring (bicyclic) bond motifs is 2. The number of rotatable bonds is 3. The molecule has 4 aromatic rings. The lowest BCUT2D eigenvalue weighted by Gasteiger charge is -2.09. The molecule has 0 saturated carbocycles. The molecule has 1 amide bonds. The summed E-state index contributed by atoms with van der Waals surface area (Å²) in [4.78, 5) is 13.9. The summed E-state index contributed by atoms with van der Waals surface area (Å²) in [5.74, 6) is 0.112.